The zero-order valence-electron chi connectivity index (χ0n) is 20.6. The molecule has 1 aliphatic carbocycles. The van der Waals surface area contributed by atoms with Gasteiger partial charge in [0.05, 0.1) is 12.0 Å². The van der Waals surface area contributed by atoms with E-state index in [0.717, 1.165) is 0 Å². The number of halogens is 3. The molecule has 0 radical (unpaired) electrons. The molecule has 37 heavy (non-hydrogen) atoms. The summed E-state index contributed by atoms with van der Waals surface area (Å²) >= 11 is 0. The third-order valence-corrected chi connectivity index (χ3v) is 7.88. The maximum absolute atomic E-state index is 13.4. The lowest BCUT2D eigenvalue weighted by molar-refractivity contribution is -0.175. The summed E-state index contributed by atoms with van der Waals surface area (Å²) in [4.78, 5) is 51.8. The van der Waals surface area contributed by atoms with Gasteiger partial charge in [0.1, 0.15) is 18.1 Å². The van der Waals surface area contributed by atoms with E-state index < -0.39 is 47.9 Å². The highest BCUT2D eigenvalue weighted by Gasteiger charge is 2.69. The maximum Gasteiger partial charge on any atom is 0.471 e. The van der Waals surface area contributed by atoms with Crippen LogP contribution in [0.5, 0.6) is 0 Å². The number of para-hydroxylation sites is 1. The van der Waals surface area contributed by atoms with Crippen molar-refractivity contribution in [3.63, 3.8) is 0 Å². The number of rotatable bonds is 7. The van der Waals surface area contributed by atoms with Gasteiger partial charge in [-0.15, -0.1) is 0 Å². The van der Waals surface area contributed by atoms with Crippen molar-refractivity contribution in [1.82, 2.24) is 15.5 Å². The van der Waals surface area contributed by atoms with Crippen LogP contribution in [0.2, 0.25) is 0 Å². The van der Waals surface area contributed by atoms with Crippen molar-refractivity contribution in [3.8, 4) is 6.07 Å². The molecule has 1 aromatic rings. The Kier molecular flexibility index (Phi) is 6.69. The lowest BCUT2D eigenvalue weighted by Gasteiger charge is -2.33. The average Bonchev–Trinajstić information content (AvgIpc) is 3.15. The molecule has 1 saturated carbocycles. The summed E-state index contributed by atoms with van der Waals surface area (Å²) in [5.74, 6) is -4.84. The van der Waals surface area contributed by atoms with E-state index in [9.17, 15) is 37.6 Å². The SMILES string of the molecule is CC[C@H](NC(=O)C(F)(F)F)C(=O)N1C[C@H]2[C@H]([C@H]1C(=O)N[C@H](C#N)CC1C(=O)Nc3ccccc31)C2(C)C. The molecular weight excluding hydrogens is 491 g/mol. The third kappa shape index (κ3) is 4.74. The Balaban J connectivity index is 1.50. The van der Waals surface area contributed by atoms with Gasteiger partial charge in [-0.25, -0.2) is 0 Å². The number of amides is 4. The van der Waals surface area contributed by atoms with E-state index in [1.807, 2.05) is 19.9 Å². The molecule has 3 N–H and O–H groups in total. The zero-order valence-corrected chi connectivity index (χ0v) is 20.6. The molecule has 2 heterocycles. The summed E-state index contributed by atoms with van der Waals surface area (Å²) in [5.41, 5.74) is 1.08. The summed E-state index contributed by atoms with van der Waals surface area (Å²) in [7, 11) is 0. The molecule has 1 saturated heterocycles. The Bertz CT molecular complexity index is 1180. The van der Waals surface area contributed by atoms with E-state index in [2.05, 4.69) is 10.6 Å². The van der Waals surface area contributed by atoms with Crippen molar-refractivity contribution >= 4 is 29.3 Å². The molecule has 3 aliphatic rings. The lowest BCUT2D eigenvalue weighted by atomic mass is 9.93. The van der Waals surface area contributed by atoms with Gasteiger partial charge in [-0.1, -0.05) is 39.0 Å². The minimum Gasteiger partial charge on any atom is -0.339 e. The molecular formula is C25H28F3N5O4. The number of carbonyl (C=O) groups is 4. The highest BCUT2D eigenvalue weighted by Crippen LogP contribution is 2.65. The third-order valence-electron chi connectivity index (χ3n) is 7.88. The Hall–Kier alpha value is -3.62. The molecule has 9 nitrogen and oxygen atoms in total. The van der Waals surface area contributed by atoms with Crippen LogP contribution in [0.15, 0.2) is 24.3 Å². The molecule has 1 aromatic carbocycles. The number of hydrogen-bond acceptors (Lipinski definition) is 5. The van der Waals surface area contributed by atoms with E-state index in [1.54, 1.807) is 29.6 Å². The largest absolute Gasteiger partial charge is 0.471 e. The number of nitrogens with one attached hydrogen (secondary N) is 3. The minimum absolute atomic E-state index is 0.0163. The number of benzene rings is 1. The Morgan fingerprint density at radius 1 is 1.24 bits per heavy atom. The Morgan fingerprint density at radius 2 is 1.92 bits per heavy atom. The number of anilines is 1. The van der Waals surface area contributed by atoms with Crippen LogP contribution in [0.25, 0.3) is 0 Å². The van der Waals surface area contributed by atoms with Crippen LogP contribution in [0.4, 0.5) is 18.9 Å². The summed E-state index contributed by atoms with van der Waals surface area (Å²) in [6.45, 7) is 5.50. The van der Waals surface area contributed by atoms with Gasteiger partial charge in [-0.05, 0) is 41.7 Å². The van der Waals surface area contributed by atoms with Gasteiger partial charge in [0.15, 0.2) is 0 Å². The smallest absolute Gasteiger partial charge is 0.339 e. The van der Waals surface area contributed by atoms with Crippen molar-refractivity contribution in [2.75, 3.05) is 11.9 Å². The number of carbonyl (C=O) groups excluding carboxylic acids is 4. The van der Waals surface area contributed by atoms with Crippen LogP contribution in [0.1, 0.15) is 45.1 Å². The second kappa shape index (κ2) is 9.36. The average molecular weight is 520 g/mol. The molecule has 1 unspecified atom stereocenters. The van der Waals surface area contributed by atoms with Gasteiger partial charge in [-0.2, -0.15) is 18.4 Å². The molecule has 2 fully saturated rings. The fourth-order valence-corrected chi connectivity index (χ4v) is 5.74. The number of fused-ring (bicyclic) bond motifs is 2. The molecule has 12 heteroatoms. The summed E-state index contributed by atoms with van der Waals surface area (Å²) in [6.07, 6.45) is -5.23. The van der Waals surface area contributed by atoms with Gasteiger partial charge >= 0.3 is 12.1 Å². The highest BCUT2D eigenvalue weighted by atomic mass is 19.4. The van der Waals surface area contributed by atoms with Crippen LogP contribution in [-0.2, 0) is 19.2 Å². The summed E-state index contributed by atoms with van der Waals surface area (Å²) < 4.78 is 38.3. The van der Waals surface area contributed by atoms with Crippen LogP contribution < -0.4 is 16.0 Å². The lowest BCUT2D eigenvalue weighted by Crippen LogP contribution is -2.57. The Morgan fingerprint density at radius 3 is 2.54 bits per heavy atom. The number of nitriles is 1. The number of hydrogen-bond donors (Lipinski definition) is 3. The topological polar surface area (TPSA) is 131 Å². The minimum atomic E-state index is -5.15. The van der Waals surface area contributed by atoms with E-state index in [1.165, 1.54) is 11.8 Å². The van der Waals surface area contributed by atoms with E-state index in [0.29, 0.717) is 11.3 Å². The van der Waals surface area contributed by atoms with Crippen molar-refractivity contribution in [2.45, 2.75) is 63.8 Å². The quantitative estimate of drug-likeness (QED) is 0.508. The first-order valence-corrected chi connectivity index (χ1v) is 12.1. The fraction of sp³-hybridized carbons (Fsp3) is 0.560. The molecule has 0 aromatic heterocycles. The van der Waals surface area contributed by atoms with E-state index in [-0.39, 0.29) is 42.5 Å². The molecule has 4 rings (SSSR count). The maximum atomic E-state index is 13.4. The number of nitrogens with zero attached hydrogens (tertiary/aromatic N) is 2. The first-order chi connectivity index (χ1) is 17.3. The summed E-state index contributed by atoms with van der Waals surface area (Å²) in [5, 5.41) is 16.9. The number of alkyl halides is 3. The van der Waals surface area contributed by atoms with Gasteiger partial charge in [0, 0.05) is 12.2 Å². The van der Waals surface area contributed by atoms with Crippen molar-refractivity contribution in [3.05, 3.63) is 29.8 Å². The van der Waals surface area contributed by atoms with Gasteiger partial charge in [0.2, 0.25) is 17.7 Å². The molecule has 4 amide bonds. The first-order valence-electron chi connectivity index (χ1n) is 12.1. The van der Waals surface area contributed by atoms with Crippen LogP contribution >= 0.6 is 0 Å². The van der Waals surface area contributed by atoms with Gasteiger partial charge in [-0.3, -0.25) is 19.2 Å². The number of piperidine rings is 1. The number of likely N-dealkylation sites (tertiary alicyclic amines) is 1. The molecule has 6 atom stereocenters. The first kappa shape index (κ1) is 26.4. The predicted molar refractivity (Wildman–Crippen MR) is 125 cm³/mol. The van der Waals surface area contributed by atoms with E-state index >= 15 is 0 Å². The van der Waals surface area contributed by atoms with Gasteiger partial charge in [0.25, 0.3) is 0 Å². The fourth-order valence-electron chi connectivity index (χ4n) is 5.74. The van der Waals surface area contributed by atoms with Crippen molar-refractivity contribution in [2.24, 2.45) is 17.3 Å². The normalized spacial score (nSPS) is 26.7. The van der Waals surface area contributed by atoms with Crippen molar-refractivity contribution < 1.29 is 32.3 Å². The molecule has 2 aliphatic heterocycles. The molecule has 198 valence electrons. The highest BCUT2D eigenvalue weighted by molar-refractivity contribution is 6.03. The van der Waals surface area contributed by atoms with Crippen LogP contribution in [0, 0.1) is 28.6 Å². The second-order valence-corrected chi connectivity index (χ2v) is 10.4. The summed E-state index contributed by atoms with van der Waals surface area (Å²) in [6, 6.07) is 5.55. The Labute approximate surface area is 211 Å². The van der Waals surface area contributed by atoms with Crippen molar-refractivity contribution in [1.29, 1.82) is 5.26 Å². The molecule has 0 spiro atoms. The molecule has 0 bridgehead atoms. The second-order valence-electron chi connectivity index (χ2n) is 10.4. The van der Waals surface area contributed by atoms with Crippen LogP contribution in [0.3, 0.4) is 0 Å². The van der Waals surface area contributed by atoms with Crippen LogP contribution in [-0.4, -0.2) is 59.4 Å². The van der Waals surface area contributed by atoms with E-state index in [4.69, 9.17) is 0 Å². The van der Waals surface area contributed by atoms with Gasteiger partial charge < -0.3 is 20.9 Å². The zero-order chi connectivity index (χ0) is 27.3. The predicted octanol–water partition coefficient (Wildman–Crippen LogP) is 2.06. The standard InChI is InChI=1S/C25H28F3N5O4/c1-4-16(32-23(37)25(26,27)28)22(36)33-11-15-18(24(15,2)3)19(33)21(35)30-12(10-29)9-14-13-7-5-6-8-17(13)31-20(14)34/h5-8,12,14-16,18-19H,4,9,11H2,1-3H3,(H,30,35)(H,31,34)(H,32,37)/t12-,14?,15-,16-,18+,19-/m0/s1. The monoisotopic (exact) mass is 519 g/mol.